The Bertz CT molecular complexity index is 878. The summed E-state index contributed by atoms with van der Waals surface area (Å²) in [6.45, 7) is 6.60. The number of amides is 1. The van der Waals surface area contributed by atoms with E-state index in [1.54, 1.807) is 30.5 Å². The number of rotatable bonds is 4. The number of thiophene rings is 1. The number of anilines is 1. The minimum Gasteiger partial charge on any atom is -0.493 e. The summed E-state index contributed by atoms with van der Waals surface area (Å²) < 4.78 is 10.7. The first-order valence-corrected chi connectivity index (χ1v) is 10.1. The van der Waals surface area contributed by atoms with Gasteiger partial charge in [0.2, 0.25) is 0 Å². The van der Waals surface area contributed by atoms with E-state index in [0.29, 0.717) is 17.5 Å². The highest BCUT2D eigenvalue weighted by atomic mass is 32.1. The van der Waals surface area contributed by atoms with Crippen LogP contribution in [0.5, 0.6) is 11.5 Å². The molecule has 0 aliphatic carbocycles. The third kappa shape index (κ3) is 3.15. The summed E-state index contributed by atoms with van der Waals surface area (Å²) in [5.74, 6) is 1.33. The molecule has 0 saturated carbocycles. The van der Waals surface area contributed by atoms with Crippen molar-refractivity contribution in [2.24, 2.45) is 0 Å². The molecule has 0 radical (unpaired) electrons. The third-order valence-corrected chi connectivity index (χ3v) is 6.67. The van der Waals surface area contributed by atoms with Crippen LogP contribution in [0, 0.1) is 0 Å². The molecule has 3 heterocycles. The van der Waals surface area contributed by atoms with Crippen LogP contribution >= 0.6 is 11.3 Å². The lowest BCUT2D eigenvalue weighted by Crippen LogP contribution is -3.14. The molecule has 1 aromatic heterocycles. The van der Waals surface area contributed by atoms with Crippen LogP contribution in [0.25, 0.3) is 0 Å². The van der Waals surface area contributed by atoms with Crippen molar-refractivity contribution in [3.8, 4) is 11.5 Å². The number of quaternary nitrogens is 1. The summed E-state index contributed by atoms with van der Waals surface area (Å²) in [6, 6.07) is 6.31. The maximum absolute atomic E-state index is 12.9. The van der Waals surface area contributed by atoms with Gasteiger partial charge in [-0.1, -0.05) is 6.07 Å². The Morgan fingerprint density at radius 2 is 1.96 bits per heavy atom. The molecule has 27 heavy (non-hydrogen) atoms. The highest BCUT2D eigenvalue weighted by Gasteiger charge is 2.35. The second-order valence-electron chi connectivity index (χ2n) is 7.36. The normalized spacial score (nSPS) is 21.1. The van der Waals surface area contributed by atoms with E-state index >= 15 is 0 Å². The average Bonchev–Trinajstić information content (AvgIpc) is 3.05. The van der Waals surface area contributed by atoms with E-state index in [1.807, 2.05) is 18.2 Å². The smallest absolute Gasteiger partial charge is 0.256 e. The van der Waals surface area contributed by atoms with Crippen molar-refractivity contribution in [3.63, 3.8) is 0 Å². The van der Waals surface area contributed by atoms with Gasteiger partial charge in [-0.05, 0) is 37.1 Å². The van der Waals surface area contributed by atoms with Crippen molar-refractivity contribution in [2.45, 2.75) is 39.0 Å². The van der Waals surface area contributed by atoms with Crippen LogP contribution in [0.4, 0.5) is 5.00 Å². The maximum atomic E-state index is 12.9. The molecule has 4 rings (SSSR count). The number of methoxy groups -OCH3 is 2. The standard InChI is InChI=1S/C20H25N3O3S/c1-11(2)23-8-7-13-16(10-23)27-20-17(13)19(24)21-18(22-20)12-5-6-14(25-3)15(9-12)26-4/h5-6,9,11,18,22H,7-8,10H2,1-4H3,(H,21,24)/p+1/t18-/m0/s1. The minimum atomic E-state index is -0.279. The van der Waals surface area contributed by atoms with Gasteiger partial charge in [-0.2, -0.15) is 0 Å². The molecule has 1 amide bonds. The Balaban J connectivity index is 1.64. The van der Waals surface area contributed by atoms with Crippen LogP contribution in [-0.2, 0) is 13.0 Å². The number of fused-ring (bicyclic) bond motifs is 3. The zero-order valence-corrected chi connectivity index (χ0v) is 17.0. The fourth-order valence-corrected chi connectivity index (χ4v) is 5.23. The van der Waals surface area contributed by atoms with Gasteiger partial charge in [0.05, 0.1) is 37.2 Å². The van der Waals surface area contributed by atoms with Gasteiger partial charge < -0.3 is 25.0 Å². The lowest BCUT2D eigenvalue weighted by molar-refractivity contribution is -0.936. The van der Waals surface area contributed by atoms with E-state index in [4.69, 9.17) is 9.47 Å². The van der Waals surface area contributed by atoms with Gasteiger partial charge in [0.15, 0.2) is 11.5 Å². The molecule has 144 valence electrons. The van der Waals surface area contributed by atoms with Gasteiger partial charge in [0.1, 0.15) is 17.7 Å². The molecule has 2 atom stereocenters. The number of hydrogen-bond acceptors (Lipinski definition) is 5. The fourth-order valence-electron chi connectivity index (χ4n) is 3.90. The van der Waals surface area contributed by atoms with Gasteiger partial charge in [0, 0.05) is 6.42 Å². The van der Waals surface area contributed by atoms with E-state index in [0.717, 1.165) is 35.6 Å². The van der Waals surface area contributed by atoms with Gasteiger partial charge in [-0.15, -0.1) is 11.3 Å². The monoisotopic (exact) mass is 388 g/mol. The van der Waals surface area contributed by atoms with Crippen LogP contribution in [0.15, 0.2) is 18.2 Å². The highest BCUT2D eigenvalue weighted by Crippen LogP contribution is 2.40. The molecule has 0 saturated heterocycles. The Hall–Kier alpha value is -2.25. The highest BCUT2D eigenvalue weighted by molar-refractivity contribution is 7.16. The predicted octanol–water partition coefficient (Wildman–Crippen LogP) is 1.97. The van der Waals surface area contributed by atoms with E-state index in [9.17, 15) is 4.79 Å². The summed E-state index contributed by atoms with van der Waals surface area (Å²) in [5.41, 5.74) is 3.01. The van der Waals surface area contributed by atoms with Crippen LogP contribution in [0.3, 0.4) is 0 Å². The Morgan fingerprint density at radius 3 is 2.67 bits per heavy atom. The molecular formula is C20H26N3O3S+. The Morgan fingerprint density at radius 1 is 1.19 bits per heavy atom. The zero-order chi connectivity index (χ0) is 19.1. The second-order valence-corrected chi connectivity index (χ2v) is 8.47. The molecule has 2 aliphatic rings. The SMILES string of the molecule is COc1ccc([C@H]2NC(=O)c3c(sc4c3CC[NH+](C(C)C)C4)N2)cc1OC. The lowest BCUT2D eigenvalue weighted by Gasteiger charge is -2.29. The van der Waals surface area contributed by atoms with Crippen LogP contribution in [0.1, 0.15) is 46.4 Å². The van der Waals surface area contributed by atoms with Crippen LogP contribution in [0.2, 0.25) is 0 Å². The van der Waals surface area contributed by atoms with Crippen molar-refractivity contribution in [2.75, 3.05) is 26.1 Å². The Labute approximate surface area is 163 Å². The number of carbonyl (C=O) groups excluding carboxylic acids is 1. The van der Waals surface area contributed by atoms with E-state index in [1.165, 1.54) is 10.4 Å². The van der Waals surface area contributed by atoms with E-state index in [-0.39, 0.29) is 12.1 Å². The fraction of sp³-hybridized carbons (Fsp3) is 0.450. The molecule has 1 aromatic carbocycles. The first-order chi connectivity index (χ1) is 13.0. The summed E-state index contributed by atoms with van der Waals surface area (Å²) in [4.78, 5) is 15.8. The van der Waals surface area contributed by atoms with Crippen molar-refractivity contribution >= 4 is 22.2 Å². The number of carbonyl (C=O) groups is 1. The largest absolute Gasteiger partial charge is 0.493 e. The third-order valence-electron chi connectivity index (χ3n) is 5.51. The summed E-state index contributed by atoms with van der Waals surface area (Å²) in [5, 5.41) is 7.60. The van der Waals surface area contributed by atoms with Crippen LogP contribution in [-0.4, -0.2) is 32.7 Å². The summed E-state index contributed by atoms with van der Waals surface area (Å²) >= 11 is 1.73. The molecule has 6 nitrogen and oxygen atoms in total. The van der Waals surface area contributed by atoms with E-state index < -0.39 is 0 Å². The van der Waals surface area contributed by atoms with Crippen molar-refractivity contribution in [1.29, 1.82) is 0 Å². The molecule has 1 unspecified atom stereocenters. The number of hydrogen-bond donors (Lipinski definition) is 3. The zero-order valence-electron chi connectivity index (χ0n) is 16.1. The van der Waals surface area contributed by atoms with Crippen molar-refractivity contribution < 1.29 is 19.2 Å². The van der Waals surface area contributed by atoms with Gasteiger partial charge in [-0.3, -0.25) is 4.79 Å². The first kappa shape index (κ1) is 18.1. The molecule has 0 bridgehead atoms. The molecule has 3 N–H and O–H groups in total. The topological polar surface area (TPSA) is 64.0 Å². The van der Waals surface area contributed by atoms with E-state index in [2.05, 4.69) is 24.5 Å². The van der Waals surface area contributed by atoms with Crippen molar-refractivity contribution in [3.05, 3.63) is 39.8 Å². The first-order valence-electron chi connectivity index (χ1n) is 9.30. The molecule has 2 aromatic rings. The molecule has 0 spiro atoms. The molecule has 7 heteroatoms. The predicted molar refractivity (Wildman–Crippen MR) is 106 cm³/mol. The van der Waals surface area contributed by atoms with Crippen molar-refractivity contribution in [1.82, 2.24) is 5.32 Å². The lowest BCUT2D eigenvalue weighted by atomic mass is 9.99. The quantitative estimate of drug-likeness (QED) is 0.749. The summed E-state index contributed by atoms with van der Waals surface area (Å²) in [6.07, 6.45) is 0.684. The van der Waals surface area contributed by atoms with Crippen LogP contribution < -0.4 is 25.0 Å². The second kappa shape index (κ2) is 7.05. The maximum Gasteiger partial charge on any atom is 0.256 e. The molecule has 0 fully saturated rings. The average molecular weight is 389 g/mol. The van der Waals surface area contributed by atoms with Gasteiger partial charge in [-0.25, -0.2) is 0 Å². The summed E-state index contributed by atoms with van der Waals surface area (Å²) in [7, 11) is 3.23. The Kier molecular flexibility index (Phi) is 4.74. The van der Waals surface area contributed by atoms with Gasteiger partial charge in [0.25, 0.3) is 5.91 Å². The number of benzene rings is 1. The number of nitrogens with one attached hydrogen (secondary N) is 3. The number of ether oxygens (including phenoxy) is 2. The minimum absolute atomic E-state index is 0.00836. The van der Waals surface area contributed by atoms with Gasteiger partial charge >= 0.3 is 0 Å². The molecule has 2 aliphatic heterocycles. The molecular weight excluding hydrogens is 362 g/mol.